The maximum absolute atomic E-state index is 10.8. The Balaban J connectivity index is 2.05. The zero-order valence-corrected chi connectivity index (χ0v) is 13.1. The van der Waals surface area contributed by atoms with Crippen molar-refractivity contribution < 1.29 is 10.2 Å². The summed E-state index contributed by atoms with van der Waals surface area (Å²) in [5, 5.41) is 21.4. The summed E-state index contributed by atoms with van der Waals surface area (Å²) in [6.07, 6.45) is 5.22. The van der Waals surface area contributed by atoms with E-state index in [0.717, 1.165) is 35.1 Å². The van der Waals surface area contributed by atoms with Gasteiger partial charge in [-0.1, -0.05) is 55.7 Å². The number of hydrogen-bond donors (Lipinski definition) is 2. The summed E-state index contributed by atoms with van der Waals surface area (Å²) < 4.78 is 0. The van der Waals surface area contributed by atoms with E-state index in [1.807, 2.05) is 49.4 Å². The summed E-state index contributed by atoms with van der Waals surface area (Å²) in [4.78, 5) is 0. The Morgan fingerprint density at radius 1 is 1.00 bits per heavy atom. The Kier molecular flexibility index (Phi) is 4.49. The molecule has 0 radical (unpaired) electrons. The Hall–Kier alpha value is -1.80. The second kappa shape index (κ2) is 6.53. The van der Waals surface area contributed by atoms with Crippen molar-refractivity contribution in [3.8, 4) is 5.75 Å². The van der Waals surface area contributed by atoms with Crippen molar-refractivity contribution in [2.75, 3.05) is 0 Å². The maximum Gasteiger partial charge on any atom is 0.119 e. The van der Waals surface area contributed by atoms with E-state index in [4.69, 9.17) is 0 Å². The highest BCUT2D eigenvalue weighted by atomic mass is 16.3. The fourth-order valence-electron chi connectivity index (χ4n) is 3.68. The van der Waals surface area contributed by atoms with Crippen LogP contribution >= 0.6 is 0 Å². The molecule has 116 valence electrons. The van der Waals surface area contributed by atoms with Crippen molar-refractivity contribution in [1.82, 2.24) is 0 Å². The standard InChI is InChI=1S/C20H24O2/c1-14-12-17(20(22)16-10-6-3-7-11-16)19(18(21)13-14)15-8-4-2-5-9-15/h3,6-7,10-13,15,20-22H,2,4-5,8-9H2,1H3. The number of phenolic OH excluding ortho intramolecular Hbond substituents is 1. The van der Waals surface area contributed by atoms with E-state index in [-0.39, 0.29) is 0 Å². The van der Waals surface area contributed by atoms with E-state index in [2.05, 4.69) is 0 Å². The molecule has 1 aliphatic rings. The number of hydrogen-bond acceptors (Lipinski definition) is 2. The van der Waals surface area contributed by atoms with Gasteiger partial charge < -0.3 is 10.2 Å². The summed E-state index contributed by atoms with van der Waals surface area (Å²) >= 11 is 0. The van der Waals surface area contributed by atoms with Crippen molar-refractivity contribution in [3.63, 3.8) is 0 Å². The molecular formula is C20H24O2. The van der Waals surface area contributed by atoms with Crippen LogP contribution in [0, 0.1) is 6.92 Å². The van der Waals surface area contributed by atoms with Crippen LogP contribution in [0.3, 0.4) is 0 Å². The van der Waals surface area contributed by atoms with E-state index in [0.29, 0.717) is 11.7 Å². The van der Waals surface area contributed by atoms with E-state index in [1.165, 1.54) is 19.3 Å². The lowest BCUT2D eigenvalue weighted by atomic mass is 9.79. The molecule has 2 aromatic rings. The topological polar surface area (TPSA) is 40.5 Å². The van der Waals surface area contributed by atoms with Gasteiger partial charge in [0.15, 0.2) is 0 Å². The molecule has 2 heteroatoms. The lowest BCUT2D eigenvalue weighted by Crippen LogP contribution is -2.11. The zero-order valence-electron chi connectivity index (χ0n) is 13.1. The number of aryl methyl sites for hydroxylation is 1. The third kappa shape index (κ3) is 3.02. The molecule has 1 atom stereocenters. The number of aliphatic hydroxyl groups excluding tert-OH is 1. The van der Waals surface area contributed by atoms with Gasteiger partial charge in [-0.3, -0.25) is 0 Å². The van der Waals surface area contributed by atoms with Gasteiger partial charge in [0.05, 0.1) is 0 Å². The highest BCUT2D eigenvalue weighted by molar-refractivity contribution is 5.48. The Labute approximate surface area is 132 Å². The minimum atomic E-state index is -0.677. The summed E-state index contributed by atoms with van der Waals surface area (Å²) in [5.74, 6) is 0.708. The van der Waals surface area contributed by atoms with E-state index >= 15 is 0 Å². The largest absolute Gasteiger partial charge is 0.508 e. The van der Waals surface area contributed by atoms with Gasteiger partial charge in [-0.2, -0.15) is 0 Å². The summed E-state index contributed by atoms with van der Waals surface area (Å²) in [6.45, 7) is 1.96. The molecule has 2 N–H and O–H groups in total. The minimum absolute atomic E-state index is 0.344. The third-order valence-electron chi connectivity index (χ3n) is 4.76. The molecule has 0 spiro atoms. The average molecular weight is 296 g/mol. The highest BCUT2D eigenvalue weighted by Crippen LogP contribution is 2.42. The van der Waals surface area contributed by atoms with Crippen LogP contribution < -0.4 is 0 Å². The van der Waals surface area contributed by atoms with Crippen LogP contribution in [0.25, 0.3) is 0 Å². The molecule has 1 unspecified atom stereocenters. The van der Waals surface area contributed by atoms with Gasteiger partial charge in [-0.05, 0) is 48.4 Å². The van der Waals surface area contributed by atoms with E-state index in [1.54, 1.807) is 0 Å². The summed E-state index contributed by atoms with van der Waals surface area (Å²) in [6, 6.07) is 13.6. The molecule has 0 heterocycles. The number of phenols is 1. The molecule has 1 saturated carbocycles. The SMILES string of the molecule is Cc1cc(O)c(C2CCCCC2)c(C(O)c2ccccc2)c1. The molecule has 0 saturated heterocycles. The lowest BCUT2D eigenvalue weighted by molar-refractivity contribution is 0.217. The molecule has 0 amide bonds. The molecule has 2 nitrogen and oxygen atoms in total. The maximum atomic E-state index is 10.8. The van der Waals surface area contributed by atoms with Crippen molar-refractivity contribution in [2.24, 2.45) is 0 Å². The fourth-order valence-corrected chi connectivity index (χ4v) is 3.68. The van der Waals surface area contributed by atoms with E-state index in [9.17, 15) is 10.2 Å². The van der Waals surface area contributed by atoms with E-state index < -0.39 is 6.10 Å². The van der Waals surface area contributed by atoms with Crippen LogP contribution in [0.2, 0.25) is 0 Å². The Morgan fingerprint density at radius 3 is 2.36 bits per heavy atom. The van der Waals surface area contributed by atoms with Crippen LogP contribution in [0.15, 0.2) is 42.5 Å². The molecule has 22 heavy (non-hydrogen) atoms. The molecular weight excluding hydrogens is 272 g/mol. The summed E-state index contributed by atoms with van der Waals surface area (Å²) in [5.41, 5.74) is 3.70. The number of benzene rings is 2. The van der Waals surface area contributed by atoms with Gasteiger partial charge in [0.1, 0.15) is 11.9 Å². The van der Waals surface area contributed by atoms with Gasteiger partial charge >= 0.3 is 0 Å². The first-order valence-electron chi connectivity index (χ1n) is 8.23. The predicted octanol–water partition coefficient (Wildman–Crippen LogP) is 4.83. The Bertz CT molecular complexity index is 628. The van der Waals surface area contributed by atoms with Crippen molar-refractivity contribution in [2.45, 2.75) is 51.0 Å². The quantitative estimate of drug-likeness (QED) is 0.851. The molecule has 0 aliphatic heterocycles. The smallest absolute Gasteiger partial charge is 0.119 e. The normalized spacial score (nSPS) is 17.4. The van der Waals surface area contributed by atoms with Crippen LogP contribution in [-0.4, -0.2) is 10.2 Å². The monoisotopic (exact) mass is 296 g/mol. The molecule has 1 fully saturated rings. The first kappa shape index (κ1) is 15.1. The number of rotatable bonds is 3. The first-order chi connectivity index (χ1) is 10.7. The fraction of sp³-hybridized carbons (Fsp3) is 0.400. The second-order valence-electron chi connectivity index (χ2n) is 6.44. The molecule has 3 rings (SSSR count). The van der Waals surface area contributed by atoms with Crippen LogP contribution in [0.5, 0.6) is 5.75 Å². The van der Waals surface area contributed by atoms with Gasteiger partial charge in [-0.25, -0.2) is 0 Å². The highest BCUT2D eigenvalue weighted by Gasteiger charge is 2.25. The van der Waals surface area contributed by atoms with Gasteiger partial charge in [0.25, 0.3) is 0 Å². The number of aliphatic hydroxyl groups is 1. The first-order valence-corrected chi connectivity index (χ1v) is 8.23. The molecule has 1 aliphatic carbocycles. The van der Waals surface area contributed by atoms with Crippen molar-refractivity contribution in [1.29, 1.82) is 0 Å². The van der Waals surface area contributed by atoms with Crippen LogP contribution in [0.4, 0.5) is 0 Å². The summed E-state index contributed by atoms with van der Waals surface area (Å²) in [7, 11) is 0. The van der Waals surface area contributed by atoms with Crippen molar-refractivity contribution in [3.05, 3.63) is 64.7 Å². The lowest BCUT2D eigenvalue weighted by Gasteiger charge is -2.27. The van der Waals surface area contributed by atoms with Gasteiger partial charge in [0.2, 0.25) is 0 Å². The third-order valence-corrected chi connectivity index (χ3v) is 4.76. The van der Waals surface area contributed by atoms with Gasteiger partial charge in [0, 0.05) is 5.56 Å². The molecule has 2 aromatic carbocycles. The average Bonchev–Trinajstić information content (AvgIpc) is 2.55. The van der Waals surface area contributed by atoms with Crippen LogP contribution in [-0.2, 0) is 0 Å². The Morgan fingerprint density at radius 2 is 1.68 bits per heavy atom. The molecule has 0 aromatic heterocycles. The predicted molar refractivity (Wildman–Crippen MR) is 89.2 cm³/mol. The molecule has 0 bridgehead atoms. The second-order valence-corrected chi connectivity index (χ2v) is 6.44. The van der Waals surface area contributed by atoms with Crippen LogP contribution in [0.1, 0.15) is 66.4 Å². The minimum Gasteiger partial charge on any atom is -0.508 e. The zero-order chi connectivity index (χ0) is 15.5. The van der Waals surface area contributed by atoms with Crippen molar-refractivity contribution >= 4 is 0 Å². The number of aromatic hydroxyl groups is 1. The van der Waals surface area contributed by atoms with Gasteiger partial charge in [-0.15, -0.1) is 0 Å².